The molecule has 0 aliphatic heterocycles. The number of imidazole rings is 1. The van der Waals surface area contributed by atoms with Crippen LogP contribution in [0.5, 0.6) is 11.5 Å². The summed E-state index contributed by atoms with van der Waals surface area (Å²) < 4.78 is 13.5. The van der Waals surface area contributed by atoms with Gasteiger partial charge >= 0.3 is 6.03 Å². The third-order valence-electron chi connectivity index (χ3n) is 5.87. The number of rotatable bonds is 11. The summed E-state index contributed by atoms with van der Waals surface area (Å²) in [6.45, 7) is 8.71. The summed E-state index contributed by atoms with van der Waals surface area (Å²) in [5.74, 6) is 1.43. The van der Waals surface area contributed by atoms with Gasteiger partial charge in [-0.25, -0.2) is 9.78 Å². The molecule has 36 heavy (non-hydrogen) atoms. The molecule has 0 spiro atoms. The minimum Gasteiger partial charge on any atom is -0.490 e. The minimum atomic E-state index is -0.0895. The maximum Gasteiger partial charge on any atom is 0.317 e. The molecule has 4 aromatic rings. The number of nitrogens with zero attached hydrogens (tertiary/aromatic N) is 3. The topological polar surface area (TPSA) is 68.6 Å². The Morgan fingerprint density at radius 2 is 1.64 bits per heavy atom. The molecule has 3 aromatic carbocycles. The van der Waals surface area contributed by atoms with Crippen LogP contribution >= 0.6 is 0 Å². The molecule has 0 fully saturated rings. The summed E-state index contributed by atoms with van der Waals surface area (Å²) in [7, 11) is 0. The van der Waals surface area contributed by atoms with E-state index in [2.05, 4.69) is 40.0 Å². The Kier molecular flexibility index (Phi) is 8.44. The van der Waals surface area contributed by atoms with Crippen LogP contribution in [0.1, 0.15) is 38.3 Å². The van der Waals surface area contributed by atoms with Gasteiger partial charge in [-0.15, -0.1) is 0 Å². The Labute approximate surface area is 212 Å². The van der Waals surface area contributed by atoms with Crippen molar-refractivity contribution in [3.63, 3.8) is 0 Å². The molecule has 0 saturated carbocycles. The molecule has 2 amide bonds. The number of benzene rings is 3. The molecule has 4 rings (SSSR count). The van der Waals surface area contributed by atoms with E-state index in [1.807, 2.05) is 73.6 Å². The Morgan fingerprint density at radius 3 is 2.39 bits per heavy atom. The smallest absolute Gasteiger partial charge is 0.317 e. The van der Waals surface area contributed by atoms with Crippen molar-refractivity contribution in [1.82, 2.24) is 19.8 Å². The number of aromatic nitrogens is 2. The Morgan fingerprint density at radius 1 is 0.917 bits per heavy atom. The summed E-state index contributed by atoms with van der Waals surface area (Å²) in [5, 5.41) is 3.07. The second-order valence-corrected chi connectivity index (χ2v) is 8.50. The van der Waals surface area contributed by atoms with Gasteiger partial charge in [0.05, 0.1) is 24.2 Å². The maximum atomic E-state index is 13.0. The fraction of sp³-hybridized carbons (Fsp3) is 0.310. The van der Waals surface area contributed by atoms with Crippen molar-refractivity contribution < 1.29 is 14.3 Å². The number of carbonyl (C=O) groups excluding carboxylic acids is 1. The van der Waals surface area contributed by atoms with Gasteiger partial charge in [0.2, 0.25) is 0 Å². The van der Waals surface area contributed by atoms with E-state index in [9.17, 15) is 4.79 Å². The van der Waals surface area contributed by atoms with Crippen molar-refractivity contribution in [3.05, 3.63) is 84.2 Å². The number of fused-ring (bicyclic) bond motifs is 1. The van der Waals surface area contributed by atoms with Gasteiger partial charge in [-0.3, -0.25) is 4.57 Å². The van der Waals surface area contributed by atoms with Gasteiger partial charge in [0.1, 0.15) is 6.33 Å². The lowest BCUT2D eigenvalue weighted by Crippen LogP contribution is -2.39. The summed E-state index contributed by atoms with van der Waals surface area (Å²) >= 11 is 0. The Bertz CT molecular complexity index is 1280. The number of hydrogen-bond donors (Lipinski definition) is 1. The highest BCUT2D eigenvalue weighted by Gasteiger charge is 2.15. The molecule has 7 nitrogen and oxygen atoms in total. The number of para-hydroxylation sites is 2. The first-order chi connectivity index (χ1) is 17.6. The molecular weight excluding hydrogens is 452 g/mol. The van der Waals surface area contributed by atoms with Crippen LogP contribution in [0.25, 0.3) is 16.7 Å². The molecular formula is C29H34N4O3. The molecule has 0 aliphatic rings. The average Bonchev–Trinajstić information content (AvgIpc) is 3.33. The third kappa shape index (κ3) is 5.97. The van der Waals surface area contributed by atoms with E-state index in [4.69, 9.17) is 9.47 Å². The van der Waals surface area contributed by atoms with Gasteiger partial charge in [-0.2, -0.15) is 0 Å². The summed E-state index contributed by atoms with van der Waals surface area (Å²) in [6, 6.07) is 22.0. The van der Waals surface area contributed by atoms with Gasteiger partial charge in [0.25, 0.3) is 0 Å². The number of amides is 2. The van der Waals surface area contributed by atoms with Crippen LogP contribution in [0.3, 0.4) is 0 Å². The number of nitrogens with one attached hydrogen (secondary N) is 1. The quantitative estimate of drug-likeness (QED) is 0.285. The van der Waals surface area contributed by atoms with Crippen molar-refractivity contribution in [3.8, 4) is 17.2 Å². The van der Waals surface area contributed by atoms with Gasteiger partial charge in [0, 0.05) is 25.3 Å². The van der Waals surface area contributed by atoms with Crippen LogP contribution in [0, 0.1) is 0 Å². The highest BCUT2D eigenvalue weighted by molar-refractivity contribution is 5.77. The largest absolute Gasteiger partial charge is 0.490 e. The zero-order valence-electron chi connectivity index (χ0n) is 21.2. The van der Waals surface area contributed by atoms with Crippen LogP contribution < -0.4 is 14.8 Å². The van der Waals surface area contributed by atoms with Crippen molar-refractivity contribution in [2.24, 2.45) is 0 Å². The molecule has 1 heterocycles. The summed E-state index contributed by atoms with van der Waals surface area (Å²) in [4.78, 5) is 19.3. The van der Waals surface area contributed by atoms with E-state index in [1.165, 1.54) is 0 Å². The highest BCUT2D eigenvalue weighted by atomic mass is 16.5. The van der Waals surface area contributed by atoms with E-state index in [-0.39, 0.29) is 6.03 Å². The number of hydrogen-bond acceptors (Lipinski definition) is 4. The standard InChI is InChI=1S/C29H34N4O3/c1-4-17-32(20-23-13-16-27(35-5-2)28(18-23)36-6-3)29(34)30-19-22-11-14-24(15-12-22)33-21-31-25-9-7-8-10-26(25)33/h7-16,18,21H,4-6,17,19-20H2,1-3H3,(H,30,34). The normalized spacial score (nSPS) is 10.9. The lowest BCUT2D eigenvalue weighted by molar-refractivity contribution is 0.194. The predicted molar refractivity (Wildman–Crippen MR) is 143 cm³/mol. The van der Waals surface area contributed by atoms with Crippen LogP contribution in [-0.2, 0) is 13.1 Å². The van der Waals surface area contributed by atoms with Gasteiger partial charge in [0.15, 0.2) is 11.5 Å². The first kappa shape index (κ1) is 25.1. The van der Waals surface area contributed by atoms with Crippen LogP contribution in [0.2, 0.25) is 0 Å². The molecule has 1 aromatic heterocycles. The molecule has 1 N–H and O–H groups in total. The van der Waals surface area contributed by atoms with Crippen molar-refractivity contribution in [1.29, 1.82) is 0 Å². The highest BCUT2D eigenvalue weighted by Crippen LogP contribution is 2.29. The lowest BCUT2D eigenvalue weighted by atomic mass is 10.2. The molecule has 0 saturated heterocycles. The number of ether oxygens (including phenoxy) is 2. The zero-order valence-corrected chi connectivity index (χ0v) is 21.2. The molecule has 0 atom stereocenters. The first-order valence-electron chi connectivity index (χ1n) is 12.6. The van der Waals surface area contributed by atoms with E-state index in [0.717, 1.165) is 40.0 Å². The fourth-order valence-electron chi connectivity index (χ4n) is 4.17. The first-order valence-corrected chi connectivity index (χ1v) is 12.6. The van der Waals surface area contributed by atoms with E-state index in [0.29, 0.717) is 38.6 Å². The van der Waals surface area contributed by atoms with E-state index >= 15 is 0 Å². The van der Waals surface area contributed by atoms with E-state index < -0.39 is 0 Å². The summed E-state index contributed by atoms with van der Waals surface area (Å²) in [6.07, 6.45) is 2.71. The van der Waals surface area contributed by atoms with Crippen LogP contribution in [0.15, 0.2) is 73.1 Å². The fourth-order valence-corrected chi connectivity index (χ4v) is 4.17. The number of urea groups is 1. The van der Waals surface area contributed by atoms with Crippen LogP contribution in [-0.4, -0.2) is 40.2 Å². The van der Waals surface area contributed by atoms with Crippen LogP contribution in [0.4, 0.5) is 4.79 Å². The number of carbonyl (C=O) groups is 1. The molecule has 0 bridgehead atoms. The van der Waals surface area contributed by atoms with Gasteiger partial charge in [-0.05, 0) is 67.8 Å². The van der Waals surface area contributed by atoms with Crippen molar-refractivity contribution in [2.75, 3.05) is 19.8 Å². The second-order valence-electron chi connectivity index (χ2n) is 8.50. The minimum absolute atomic E-state index is 0.0895. The van der Waals surface area contributed by atoms with Crippen molar-refractivity contribution in [2.45, 2.75) is 40.3 Å². The lowest BCUT2D eigenvalue weighted by Gasteiger charge is -2.23. The zero-order chi connectivity index (χ0) is 25.3. The molecule has 0 unspecified atom stereocenters. The van der Waals surface area contributed by atoms with Gasteiger partial charge in [-0.1, -0.05) is 37.3 Å². The predicted octanol–water partition coefficient (Wildman–Crippen LogP) is 5.94. The van der Waals surface area contributed by atoms with Gasteiger partial charge < -0.3 is 19.7 Å². The maximum absolute atomic E-state index is 13.0. The Balaban J connectivity index is 1.40. The molecule has 0 aliphatic carbocycles. The van der Waals surface area contributed by atoms with Crippen molar-refractivity contribution >= 4 is 17.1 Å². The third-order valence-corrected chi connectivity index (χ3v) is 5.87. The Hall–Kier alpha value is -4.00. The summed E-state index contributed by atoms with van der Waals surface area (Å²) in [5.41, 5.74) is 5.10. The molecule has 0 radical (unpaired) electrons. The molecule has 7 heteroatoms. The monoisotopic (exact) mass is 486 g/mol. The SMILES string of the molecule is CCCN(Cc1ccc(OCC)c(OCC)c1)C(=O)NCc1ccc(-n2cnc3ccccc32)cc1. The van der Waals surface area contributed by atoms with E-state index in [1.54, 1.807) is 0 Å². The molecule has 188 valence electrons. The second kappa shape index (κ2) is 12.1. The average molecular weight is 487 g/mol.